The van der Waals surface area contributed by atoms with E-state index in [0.717, 1.165) is 4.88 Å². The molecule has 0 radical (unpaired) electrons. The Hall–Kier alpha value is -1.11. The number of nitrogens with one attached hydrogen (secondary N) is 1. The van der Waals surface area contributed by atoms with E-state index in [2.05, 4.69) is 4.98 Å². The molecule has 0 aliphatic carbocycles. The quantitative estimate of drug-likeness (QED) is 0.694. The maximum atomic E-state index is 11.8. The van der Waals surface area contributed by atoms with Gasteiger partial charge in [-0.25, -0.2) is 8.42 Å². The minimum absolute atomic E-state index is 0.159. The van der Waals surface area contributed by atoms with Crippen molar-refractivity contribution < 1.29 is 13.2 Å². The number of aromatic nitrogens is 1. The Balaban J connectivity index is 2.18. The predicted octanol–water partition coefficient (Wildman–Crippen LogP) is 2.43. The average Bonchev–Trinajstić information content (AvgIpc) is 2.85. The van der Waals surface area contributed by atoms with Gasteiger partial charge in [-0.05, 0) is 23.6 Å². The van der Waals surface area contributed by atoms with Crippen molar-refractivity contribution in [3.05, 3.63) is 40.2 Å². The number of hydrogen-bond acceptors (Lipinski definition) is 4. The van der Waals surface area contributed by atoms with Gasteiger partial charge in [0.1, 0.15) is 5.03 Å². The predicted molar refractivity (Wildman–Crippen MR) is 66.2 cm³/mol. The summed E-state index contributed by atoms with van der Waals surface area (Å²) < 4.78 is 22.0. The highest BCUT2D eigenvalue weighted by atomic mass is 35.7. The summed E-state index contributed by atoms with van der Waals surface area (Å²) >= 11 is 1.48. The SMILES string of the molecule is O=C(Cc1cccs1)c1ccc(S(=O)(=O)Cl)[nH]1. The van der Waals surface area contributed by atoms with E-state index in [9.17, 15) is 13.2 Å². The molecule has 1 N–H and O–H groups in total. The van der Waals surface area contributed by atoms with Gasteiger partial charge < -0.3 is 4.98 Å². The fourth-order valence-electron chi connectivity index (χ4n) is 1.35. The standard InChI is InChI=1S/C10H8ClNO3S2/c11-17(14,15)10-4-3-8(12-10)9(13)6-7-2-1-5-16-7/h1-5,12H,6H2. The van der Waals surface area contributed by atoms with Crippen molar-refractivity contribution >= 4 is 36.9 Å². The van der Waals surface area contributed by atoms with Crippen molar-refractivity contribution in [2.45, 2.75) is 11.4 Å². The molecule has 0 aliphatic heterocycles. The van der Waals surface area contributed by atoms with Gasteiger partial charge in [-0.1, -0.05) is 6.07 Å². The van der Waals surface area contributed by atoms with Crippen LogP contribution >= 0.6 is 22.0 Å². The molecule has 17 heavy (non-hydrogen) atoms. The van der Waals surface area contributed by atoms with E-state index >= 15 is 0 Å². The lowest BCUT2D eigenvalue weighted by molar-refractivity contribution is 0.0989. The third kappa shape index (κ3) is 2.96. The summed E-state index contributed by atoms with van der Waals surface area (Å²) in [5, 5.41) is 1.72. The van der Waals surface area contributed by atoms with Crippen LogP contribution in [0.3, 0.4) is 0 Å². The zero-order chi connectivity index (χ0) is 12.5. The van der Waals surface area contributed by atoms with Gasteiger partial charge in [-0.2, -0.15) is 0 Å². The van der Waals surface area contributed by atoms with Crippen LogP contribution in [0.4, 0.5) is 0 Å². The van der Waals surface area contributed by atoms with E-state index in [1.165, 1.54) is 23.5 Å². The second-order valence-electron chi connectivity index (χ2n) is 3.35. The van der Waals surface area contributed by atoms with Gasteiger partial charge in [0.2, 0.25) is 0 Å². The van der Waals surface area contributed by atoms with Crippen molar-refractivity contribution in [2.24, 2.45) is 0 Å². The third-order valence-electron chi connectivity index (χ3n) is 2.14. The number of Topliss-reactive ketones (excluding diaryl/α,β-unsaturated/α-hetero) is 1. The van der Waals surface area contributed by atoms with Crippen molar-refractivity contribution in [1.29, 1.82) is 0 Å². The van der Waals surface area contributed by atoms with Crippen molar-refractivity contribution in [1.82, 2.24) is 4.98 Å². The summed E-state index contributed by atoms with van der Waals surface area (Å²) in [5.74, 6) is -0.168. The summed E-state index contributed by atoms with van der Waals surface area (Å²) in [4.78, 5) is 15.2. The molecule has 0 unspecified atom stereocenters. The number of carbonyl (C=O) groups excluding carboxylic acids is 1. The van der Waals surface area contributed by atoms with Crippen molar-refractivity contribution in [3.63, 3.8) is 0 Å². The van der Waals surface area contributed by atoms with E-state index in [-0.39, 0.29) is 22.9 Å². The third-order valence-corrected chi connectivity index (χ3v) is 4.28. The van der Waals surface area contributed by atoms with Crippen LogP contribution in [0, 0.1) is 0 Å². The Labute approximate surface area is 107 Å². The van der Waals surface area contributed by atoms with Crippen LogP contribution in [0.25, 0.3) is 0 Å². The van der Waals surface area contributed by atoms with Gasteiger partial charge in [0.15, 0.2) is 5.78 Å². The highest BCUT2D eigenvalue weighted by Gasteiger charge is 2.16. The topological polar surface area (TPSA) is 67.0 Å². The summed E-state index contributed by atoms with van der Waals surface area (Å²) in [5.41, 5.74) is 0.248. The van der Waals surface area contributed by atoms with E-state index in [4.69, 9.17) is 10.7 Å². The second-order valence-corrected chi connectivity index (χ2v) is 6.92. The van der Waals surface area contributed by atoms with Crippen LogP contribution in [0.2, 0.25) is 0 Å². The zero-order valence-electron chi connectivity index (χ0n) is 8.51. The number of halogens is 1. The molecule has 0 saturated carbocycles. The van der Waals surface area contributed by atoms with Gasteiger partial charge in [0.25, 0.3) is 9.05 Å². The van der Waals surface area contributed by atoms with E-state index in [0.29, 0.717) is 0 Å². The van der Waals surface area contributed by atoms with E-state index in [1.54, 1.807) is 0 Å². The summed E-state index contributed by atoms with van der Waals surface area (Å²) in [6.07, 6.45) is 0.250. The number of aromatic amines is 1. The smallest absolute Gasteiger partial charge is 0.276 e. The number of rotatable bonds is 4. The minimum atomic E-state index is -3.81. The molecule has 0 fully saturated rings. The molecular formula is C10H8ClNO3S2. The number of H-pyrrole nitrogens is 1. The highest BCUT2D eigenvalue weighted by molar-refractivity contribution is 8.13. The molecule has 2 aromatic rings. The molecule has 0 aromatic carbocycles. The van der Waals surface area contributed by atoms with Crippen LogP contribution in [-0.4, -0.2) is 19.2 Å². The van der Waals surface area contributed by atoms with Crippen LogP contribution < -0.4 is 0 Å². The normalized spacial score (nSPS) is 11.6. The fourth-order valence-corrected chi connectivity index (χ4v) is 2.78. The Morgan fingerprint density at radius 3 is 2.65 bits per heavy atom. The molecule has 2 aromatic heterocycles. The maximum Gasteiger partial charge on any atom is 0.276 e. The number of hydrogen-bond donors (Lipinski definition) is 1. The lowest BCUT2D eigenvalue weighted by Gasteiger charge is -1.95. The summed E-state index contributed by atoms with van der Waals surface area (Å²) in [7, 11) is 1.34. The van der Waals surface area contributed by atoms with Gasteiger partial charge in [-0.3, -0.25) is 4.79 Å². The Morgan fingerprint density at radius 2 is 2.12 bits per heavy atom. The summed E-state index contributed by atoms with van der Waals surface area (Å²) in [6, 6.07) is 6.41. The van der Waals surface area contributed by atoms with Crippen LogP contribution in [0.1, 0.15) is 15.4 Å². The second kappa shape index (κ2) is 4.64. The summed E-state index contributed by atoms with van der Waals surface area (Å²) in [6.45, 7) is 0. The van der Waals surface area contributed by atoms with Crippen molar-refractivity contribution in [2.75, 3.05) is 0 Å². The Kier molecular flexibility index (Phi) is 3.37. The molecule has 4 nitrogen and oxygen atoms in total. The van der Waals surface area contributed by atoms with E-state index < -0.39 is 9.05 Å². The first kappa shape index (κ1) is 12.3. The Bertz CT molecular complexity index is 628. The van der Waals surface area contributed by atoms with Gasteiger partial charge in [0, 0.05) is 22.0 Å². The fraction of sp³-hybridized carbons (Fsp3) is 0.100. The van der Waals surface area contributed by atoms with Gasteiger partial charge in [0.05, 0.1) is 5.69 Å². The number of thiophene rings is 1. The molecule has 0 aliphatic rings. The highest BCUT2D eigenvalue weighted by Crippen LogP contribution is 2.16. The first-order chi connectivity index (χ1) is 7.97. The molecular weight excluding hydrogens is 282 g/mol. The molecule has 0 atom stereocenters. The molecule has 2 heterocycles. The van der Waals surface area contributed by atoms with Gasteiger partial charge >= 0.3 is 0 Å². The average molecular weight is 290 g/mol. The Morgan fingerprint density at radius 1 is 1.35 bits per heavy atom. The molecule has 90 valence electrons. The van der Waals surface area contributed by atoms with Gasteiger partial charge in [-0.15, -0.1) is 11.3 Å². The van der Waals surface area contributed by atoms with Crippen molar-refractivity contribution in [3.8, 4) is 0 Å². The van der Waals surface area contributed by atoms with E-state index in [1.807, 2.05) is 17.5 Å². The van der Waals surface area contributed by atoms with Crippen LogP contribution in [0.15, 0.2) is 34.7 Å². The zero-order valence-corrected chi connectivity index (χ0v) is 10.9. The maximum absolute atomic E-state index is 11.8. The monoisotopic (exact) mass is 289 g/mol. The minimum Gasteiger partial charge on any atom is -0.342 e. The first-order valence-electron chi connectivity index (χ1n) is 4.66. The molecule has 2 rings (SSSR count). The lowest BCUT2D eigenvalue weighted by atomic mass is 10.2. The lowest BCUT2D eigenvalue weighted by Crippen LogP contribution is -2.03. The molecule has 0 bridgehead atoms. The number of carbonyl (C=O) groups is 1. The van der Waals surface area contributed by atoms with Crippen LogP contribution in [-0.2, 0) is 15.5 Å². The number of ketones is 1. The first-order valence-corrected chi connectivity index (χ1v) is 7.85. The van der Waals surface area contributed by atoms with Crippen LogP contribution in [0.5, 0.6) is 0 Å². The largest absolute Gasteiger partial charge is 0.342 e. The molecule has 7 heteroatoms. The molecule has 0 amide bonds. The molecule has 0 spiro atoms. The molecule has 0 saturated heterocycles.